The van der Waals surface area contributed by atoms with Gasteiger partial charge in [0.25, 0.3) is 0 Å². The molecule has 0 aromatic heterocycles. The van der Waals surface area contributed by atoms with E-state index in [0.717, 1.165) is 77.0 Å². The van der Waals surface area contributed by atoms with Crippen molar-refractivity contribution in [1.29, 1.82) is 0 Å². The maximum Gasteiger partial charge on any atom is 0.335 e. The average molecular weight is 897 g/mol. The van der Waals surface area contributed by atoms with E-state index >= 15 is 0 Å². The molecular formula is C51H92O12. The van der Waals surface area contributed by atoms with Gasteiger partial charge in [0.2, 0.25) is 0 Å². The lowest BCUT2D eigenvalue weighted by Gasteiger charge is -2.40. The molecule has 0 aliphatic carbocycles. The molecule has 0 amide bonds. The van der Waals surface area contributed by atoms with Crippen molar-refractivity contribution < 1.29 is 58.2 Å². The second kappa shape index (κ2) is 40.9. The van der Waals surface area contributed by atoms with Crippen molar-refractivity contribution in [3.05, 3.63) is 12.2 Å². The molecule has 368 valence electrons. The summed E-state index contributed by atoms with van der Waals surface area (Å²) >= 11 is 0. The van der Waals surface area contributed by atoms with Gasteiger partial charge in [0, 0.05) is 19.3 Å². The fourth-order valence-corrected chi connectivity index (χ4v) is 7.83. The van der Waals surface area contributed by atoms with E-state index in [-0.39, 0.29) is 25.9 Å². The molecule has 1 saturated heterocycles. The van der Waals surface area contributed by atoms with Gasteiger partial charge in [-0.15, -0.1) is 0 Å². The van der Waals surface area contributed by atoms with Crippen LogP contribution in [0.2, 0.25) is 0 Å². The van der Waals surface area contributed by atoms with Gasteiger partial charge in [-0.1, -0.05) is 187 Å². The van der Waals surface area contributed by atoms with Crippen molar-refractivity contribution in [3.63, 3.8) is 0 Å². The van der Waals surface area contributed by atoms with Crippen LogP contribution in [0, 0.1) is 0 Å². The van der Waals surface area contributed by atoms with Crippen molar-refractivity contribution in [1.82, 2.24) is 0 Å². The first-order valence-electron chi connectivity index (χ1n) is 25.7. The molecule has 12 nitrogen and oxygen atoms in total. The summed E-state index contributed by atoms with van der Waals surface area (Å²) in [5.74, 6) is -3.11. The number of ether oxygens (including phenoxy) is 5. The zero-order chi connectivity index (χ0) is 46.2. The zero-order valence-corrected chi connectivity index (χ0v) is 40.1. The SMILES string of the molecule is CCCCCC/C=C\CCCCCCCC(=O)OC1C(OCC(COC(=O)CCCCCCCCCCCCC)OC(=O)CCCCCCCCCCC)OC(C(=O)O)C(O)C1O. The maximum atomic E-state index is 13.0. The third-order valence-corrected chi connectivity index (χ3v) is 11.8. The smallest absolute Gasteiger partial charge is 0.335 e. The molecule has 1 aliphatic heterocycles. The van der Waals surface area contributed by atoms with Crippen LogP contribution >= 0.6 is 0 Å². The Bertz CT molecular complexity index is 1160. The van der Waals surface area contributed by atoms with Gasteiger partial charge in [-0.3, -0.25) is 14.4 Å². The molecule has 0 aromatic carbocycles. The topological polar surface area (TPSA) is 175 Å². The monoisotopic (exact) mass is 897 g/mol. The van der Waals surface area contributed by atoms with E-state index in [0.29, 0.717) is 19.3 Å². The first kappa shape index (κ1) is 58.5. The largest absolute Gasteiger partial charge is 0.479 e. The van der Waals surface area contributed by atoms with E-state index in [4.69, 9.17) is 23.7 Å². The van der Waals surface area contributed by atoms with Crippen LogP contribution in [0.25, 0.3) is 0 Å². The highest BCUT2D eigenvalue weighted by atomic mass is 16.7. The van der Waals surface area contributed by atoms with E-state index in [1.807, 2.05) is 0 Å². The molecule has 1 heterocycles. The summed E-state index contributed by atoms with van der Waals surface area (Å²) < 4.78 is 28.2. The molecule has 63 heavy (non-hydrogen) atoms. The highest BCUT2D eigenvalue weighted by Crippen LogP contribution is 2.26. The first-order valence-corrected chi connectivity index (χ1v) is 25.7. The fraction of sp³-hybridized carbons (Fsp3) is 0.882. The minimum atomic E-state index is -1.90. The third-order valence-electron chi connectivity index (χ3n) is 11.8. The number of carbonyl (C=O) groups excluding carboxylic acids is 3. The predicted molar refractivity (Wildman–Crippen MR) is 248 cm³/mol. The van der Waals surface area contributed by atoms with Gasteiger partial charge in [-0.25, -0.2) is 4.79 Å². The Morgan fingerprint density at radius 2 is 0.905 bits per heavy atom. The summed E-state index contributed by atoms with van der Waals surface area (Å²) in [7, 11) is 0. The summed E-state index contributed by atoms with van der Waals surface area (Å²) in [6, 6.07) is 0. The third kappa shape index (κ3) is 31.9. The van der Waals surface area contributed by atoms with Crippen LogP contribution in [0.15, 0.2) is 12.2 Å². The van der Waals surface area contributed by atoms with Gasteiger partial charge in [0.05, 0.1) is 6.61 Å². The summed E-state index contributed by atoms with van der Waals surface area (Å²) in [4.78, 5) is 50.6. The molecular weight excluding hydrogens is 805 g/mol. The first-order chi connectivity index (χ1) is 30.6. The number of carboxylic acid groups (broad SMARTS) is 1. The van der Waals surface area contributed by atoms with Crippen molar-refractivity contribution >= 4 is 23.9 Å². The van der Waals surface area contributed by atoms with E-state index in [1.54, 1.807) is 0 Å². The van der Waals surface area contributed by atoms with Crippen molar-refractivity contribution in [2.45, 2.75) is 276 Å². The number of hydrogen-bond acceptors (Lipinski definition) is 11. The van der Waals surface area contributed by atoms with Crippen molar-refractivity contribution in [2.75, 3.05) is 13.2 Å². The van der Waals surface area contributed by atoms with Crippen LogP contribution in [0.3, 0.4) is 0 Å². The van der Waals surface area contributed by atoms with E-state index < -0.39 is 67.3 Å². The molecule has 3 N–H and O–H groups in total. The van der Waals surface area contributed by atoms with Crippen LogP contribution in [0.1, 0.15) is 239 Å². The van der Waals surface area contributed by atoms with Gasteiger partial charge in [0.1, 0.15) is 18.8 Å². The molecule has 0 spiro atoms. The number of esters is 3. The highest BCUT2D eigenvalue weighted by Gasteiger charge is 2.50. The van der Waals surface area contributed by atoms with E-state index in [9.17, 15) is 34.5 Å². The molecule has 0 bridgehead atoms. The molecule has 1 rings (SSSR count). The van der Waals surface area contributed by atoms with E-state index in [2.05, 4.69) is 32.9 Å². The van der Waals surface area contributed by atoms with Gasteiger partial charge in [-0.2, -0.15) is 0 Å². The molecule has 1 fully saturated rings. The molecule has 0 saturated carbocycles. The standard InChI is InChI=1S/C51H92O12/c1-4-7-10-13-16-19-21-22-24-27-30-33-36-39-45(54)62-49-47(56)46(55)48(50(57)58)63-51(49)60-41-42(61-44(53)38-35-32-29-25-18-15-12-9-6-3)40-59-43(52)37-34-31-28-26-23-20-17-14-11-8-5-2/h19,21,42,46-49,51,55-56H,4-18,20,22-41H2,1-3H3,(H,57,58)/b21-19-. The van der Waals surface area contributed by atoms with Crippen LogP contribution in [-0.2, 0) is 42.9 Å². The Kier molecular flexibility index (Phi) is 38.0. The molecule has 1 aliphatic rings. The fourth-order valence-electron chi connectivity index (χ4n) is 7.83. The lowest BCUT2D eigenvalue weighted by molar-refractivity contribution is -0.301. The van der Waals surface area contributed by atoms with Gasteiger partial charge in [0.15, 0.2) is 24.6 Å². The highest BCUT2D eigenvalue weighted by molar-refractivity contribution is 5.74. The molecule has 6 unspecified atom stereocenters. The number of aliphatic carboxylic acids is 1. The minimum Gasteiger partial charge on any atom is -0.479 e. The second-order valence-electron chi connectivity index (χ2n) is 17.8. The molecule has 12 heteroatoms. The summed E-state index contributed by atoms with van der Waals surface area (Å²) in [6.07, 6.45) is 29.3. The molecule has 6 atom stereocenters. The Balaban J connectivity index is 2.73. The Morgan fingerprint density at radius 3 is 1.37 bits per heavy atom. The van der Waals surface area contributed by atoms with Crippen LogP contribution in [-0.4, -0.2) is 89.2 Å². The van der Waals surface area contributed by atoms with Crippen LogP contribution in [0.4, 0.5) is 0 Å². The van der Waals surface area contributed by atoms with Crippen LogP contribution < -0.4 is 0 Å². The predicted octanol–water partition coefficient (Wildman–Crippen LogP) is 11.8. The number of carbonyl (C=O) groups is 4. The van der Waals surface area contributed by atoms with Crippen molar-refractivity contribution in [3.8, 4) is 0 Å². The Morgan fingerprint density at radius 1 is 0.508 bits per heavy atom. The van der Waals surface area contributed by atoms with Crippen LogP contribution in [0.5, 0.6) is 0 Å². The zero-order valence-electron chi connectivity index (χ0n) is 40.1. The number of hydrogen-bond donors (Lipinski definition) is 3. The van der Waals surface area contributed by atoms with Crippen molar-refractivity contribution in [2.24, 2.45) is 0 Å². The second-order valence-corrected chi connectivity index (χ2v) is 17.8. The lowest BCUT2D eigenvalue weighted by Crippen LogP contribution is -2.61. The summed E-state index contributed by atoms with van der Waals surface area (Å²) in [6.45, 7) is 5.92. The van der Waals surface area contributed by atoms with Gasteiger partial charge >= 0.3 is 23.9 Å². The number of aliphatic hydroxyl groups excluding tert-OH is 2. The molecule has 0 aromatic rings. The maximum absolute atomic E-state index is 13.0. The number of allylic oxidation sites excluding steroid dienone is 2. The molecule has 0 radical (unpaired) electrons. The lowest BCUT2D eigenvalue weighted by atomic mass is 9.98. The number of unbranched alkanes of at least 4 members (excludes halogenated alkanes) is 27. The summed E-state index contributed by atoms with van der Waals surface area (Å²) in [5.41, 5.74) is 0. The average Bonchev–Trinajstić information content (AvgIpc) is 3.26. The van der Waals surface area contributed by atoms with Gasteiger partial charge in [-0.05, 0) is 44.9 Å². The number of aliphatic hydroxyl groups is 2. The number of rotatable bonds is 43. The van der Waals surface area contributed by atoms with Gasteiger partial charge < -0.3 is 39.0 Å². The van der Waals surface area contributed by atoms with E-state index in [1.165, 1.54) is 103 Å². The minimum absolute atomic E-state index is 0.0558. The number of carboxylic acids is 1. The Hall–Kier alpha value is -2.54. The normalized spacial score (nSPS) is 19.3. The summed E-state index contributed by atoms with van der Waals surface area (Å²) in [5, 5.41) is 31.2. The Labute approximate surface area is 382 Å². The quantitative estimate of drug-likeness (QED) is 0.0229.